The van der Waals surface area contributed by atoms with Crippen molar-refractivity contribution in [2.75, 3.05) is 13.1 Å². The molecule has 0 aromatic heterocycles. The van der Waals surface area contributed by atoms with Crippen LogP contribution in [0, 0.1) is 5.92 Å². The average molecular weight is 290 g/mol. The maximum absolute atomic E-state index is 12.2. The molecule has 1 aromatic carbocycles. The molecule has 2 N–H and O–H groups in total. The van der Waals surface area contributed by atoms with Crippen LogP contribution in [0.3, 0.4) is 0 Å². The molecule has 1 amide bonds. The Morgan fingerprint density at radius 2 is 2.10 bits per heavy atom. The molecule has 0 saturated carbocycles. The molecule has 2 rings (SSSR count). The predicted octanol–water partition coefficient (Wildman–Crippen LogP) is 1.49. The second-order valence-corrected chi connectivity index (χ2v) is 5.60. The van der Waals surface area contributed by atoms with E-state index in [1.807, 2.05) is 18.2 Å². The second-order valence-electron chi connectivity index (χ2n) is 5.60. The van der Waals surface area contributed by atoms with Gasteiger partial charge in [-0.1, -0.05) is 37.3 Å². The Labute approximate surface area is 125 Å². The van der Waals surface area contributed by atoms with Gasteiger partial charge in [0.15, 0.2) is 0 Å². The number of likely N-dealkylation sites (tertiary alicyclic amines) is 1. The Bertz CT molecular complexity index is 490. The van der Waals surface area contributed by atoms with E-state index in [1.54, 1.807) is 6.92 Å². The molecule has 0 spiro atoms. The van der Waals surface area contributed by atoms with E-state index in [1.165, 1.54) is 5.56 Å². The highest BCUT2D eigenvalue weighted by Gasteiger charge is 2.30. The molecular formula is C16H22N2O3. The monoisotopic (exact) mass is 290 g/mol. The van der Waals surface area contributed by atoms with E-state index in [4.69, 9.17) is 5.11 Å². The van der Waals surface area contributed by atoms with Crippen LogP contribution in [0.5, 0.6) is 0 Å². The van der Waals surface area contributed by atoms with Crippen molar-refractivity contribution in [3.05, 3.63) is 35.9 Å². The van der Waals surface area contributed by atoms with Gasteiger partial charge in [-0.25, -0.2) is 0 Å². The third-order valence-corrected chi connectivity index (χ3v) is 3.90. The summed E-state index contributed by atoms with van der Waals surface area (Å²) in [6.45, 7) is 3.44. The molecule has 1 aliphatic heterocycles. The number of carbonyl (C=O) groups is 2. The maximum atomic E-state index is 12.2. The first kappa shape index (κ1) is 15.5. The van der Waals surface area contributed by atoms with Crippen molar-refractivity contribution >= 4 is 11.9 Å². The number of hydrogen-bond acceptors (Lipinski definition) is 3. The SMILES string of the molecule is CC(CNC(=O)C1CCCN1Cc1ccccc1)C(=O)O. The maximum Gasteiger partial charge on any atom is 0.308 e. The summed E-state index contributed by atoms with van der Waals surface area (Å²) in [5.41, 5.74) is 1.19. The molecule has 21 heavy (non-hydrogen) atoms. The Kier molecular flexibility index (Phi) is 5.33. The average Bonchev–Trinajstić information content (AvgIpc) is 2.93. The lowest BCUT2D eigenvalue weighted by atomic mass is 10.1. The van der Waals surface area contributed by atoms with Gasteiger partial charge in [-0.15, -0.1) is 0 Å². The lowest BCUT2D eigenvalue weighted by Crippen LogP contribution is -2.44. The molecule has 5 nitrogen and oxygen atoms in total. The van der Waals surface area contributed by atoms with E-state index < -0.39 is 11.9 Å². The molecule has 2 atom stereocenters. The highest BCUT2D eigenvalue weighted by molar-refractivity contribution is 5.82. The van der Waals surface area contributed by atoms with Gasteiger partial charge in [0.25, 0.3) is 0 Å². The summed E-state index contributed by atoms with van der Waals surface area (Å²) < 4.78 is 0. The van der Waals surface area contributed by atoms with Crippen molar-refractivity contribution in [3.63, 3.8) is 0 Å². The fourth-order valence-electron chi connectivity index (χ4n) is 2.59. The van der Waals surface area contributed by atoms with E-state index >= 15 is 0 Å². The summed E-state index contributed by atoms with van der Waals surface area (Å²) in [7, 11) is 0. The molecule has 114 valence electrons. The summed E-state index contributed by atoms with van der Waals surface area (Å²) >= 11 is 0. The van der Waals surface area contributed by atoms with Gasteiger partial charge >= 0.3 is 5.97 Å². The van der Waals surface area contributed by atoms with Crippen LogP contribution in [0.2, 0.25) is 0 Å². The number of benzene rings is 1. The smallest absolute Gasteiger partial charge is 0.308 e. The molecule has 1 aliphatic rings. The van der Waals surface area contributed by atoms with E-state index in [2.05, 4.69) is 22.3 Å². The minimum absolute atomic E-state index is 0.0588. The third-order valence-electron chi connectivity index (χ3n) is 3.90. The molecular weight excluding hydrogens is 268 g/mol. The van der Waals surface area contributed by atoms with Crippen LogP contribution in [0.1, 0.15) is 25.3 Å². The van der Waals surface area contributed by atoms with Gasteiger partial charge in [0.1, 0.15) is 0 Å². The van der Waals surface area contributed by atoms with Gasteiger partial charge in [-0.3, -0.25) is 14.5 Å². The van der Waals surface area contributed by atoms with Gasteiger partial charge in [-0.05, 0) is 24.9 Å². The minimum Gasteiger partial charge on any atom is -0.481 e. The highest BCUT2D eigenvalue weighted by Crippen LogP contribution is 2.20. The number of hydrogen-bond donors (Lipinski definition) is 2. The minimum atomic E-state index is -0.886. The summed E-state index contributed by atoms with van der Waals surface area (Å²) in [6.07, 6.45) is 1.83. The first-order valence-corrected chi connectivity index (χ1v) is 7.36. The van der Waals surface area contributed by atoms with Gasteiger partial charge in [-0.2, -0.15) is 0 Å². The van der Waals surface area contributed by atoms with Crippen LogP contribution in [0.25, 0.3) is 0 Å². The van der Waals surface area contributed by atoms with Crippen LogP contribution in [-0.4, -0.2) is 41.0 Å². The van der Waals surface area contributed by atoms with Crippen LogP contribution < -0.4 is 5.32 Å². The standard InChI is InChI=1S/C16H22N2O3/c1-12(16(20)21)10-17-15(19)14-8-5-9-18(14)11-13-6-3-2-4-7-13/h2-4,6-7,12,14H,5,8-11H2,1H3,(H,17,19)(H,20,21). The lowest BCUT2D eigenvalue weighted by Gasteiger charge is -2.24. The summed E-state index contributed by atoms with van der Waals surface area (Å²) in [5.74, 6) is -1.50. The van der Waals surface area contributed by atoms with Crippen molar-refractivity contribution in [1.82, 2.24) is 10.2 Å². The van der Waals surface area contributed by atoms with E-state index in [0.717, 1.165) is 25.9 Å². The van der Waals surface area contributed by atoms with E-state index in [0.29, 0.717) is 0 Å². The molecule has 1 aromatic rings. The van der Waals surface area contributed by atoms with Crippen molar-refractivity contribution in [2.45, 2.75) is 32.4 Å². The molecule has 1 heterocycles. The third kappa shape index (κ3) is 4.29. The molecule has 0 bridgehead atoms. The topological polar surface area (TPSA) is 69.6 Å². The van der Waals surface area contributed by atoms with E-state index in [-0.39, 0.29) is 18.5 Å². The number of carboxylic acid groups (broad SMARTS) is 1. The Morgan fingerprint density at radius 1 is 1.38 bits per heavy atom. The molecule has 1 saturated heterocycles. The van der Waals surface area contributed by atoms with Crippen LogP contribution in [0.4, 0.5) is 0 Å². The number of carboxylic acids is 1. The van der Waals surface area contributed by atoms with Gasteiger partial charge in [0.05, 0.1) is 12.0 Å². The molecule has 5 heteroatoms. The number of nitrogens with zero attached hydrogens (tertiary/aromatic N) is 1. The quantitative estimate of drug-likeness (QED) is 0.833. The van der Waals surface area contributed by atoms with Gasteiger partial charge < -0.3 is 10.4 Å². The summed E-state index contributed by atoms with van der Waals surface area (Å²) in [5, 5.41) is 11.6. The summed E-state index contributed by atoms with van der Waals surface area (Å²) in [4.78, 5) is 25.2. The van der Waals surface area contributed by atoms with Crippen LogP contribution >= 0.6 is 0 Å². The number of aliphatic carboxylic acids is 1. The van der Waals surface area contributed by atoms with Crippen LogP contribution in [0.15, 0.2) is 30.3 Å². The zero-order valence-electron chi connectivity index (χ0n) is 12.3. The zero-order valence-corrected chi connectivity index (χ0v) is 12.3. The Hall–Kier alpha value is -1.88. The van der Waals surface area contributed by atoms with Crippen molar-refractivity contribution in [3.8, 4) is 0 Å². The molecule has 1 fully saturated rings. The first-order chi connectivity index (χ1) is 10.1. The molecule has 0 radical (unpaired) electrons. The largest absolute Gasteiger partial charge is 0.481 e. The van der Waals surface area contributed by atoms with E-state index in [9.17, 15) is 9.59 Å². The highest BCUT2D eigenvalue weighted by atomic mass is 16.4. The first-order valence-electron chi connectivity index (χ1n) is 7.36. The number of amides is 1. The fourth-order valence-corrected chi connectivity index (χ4v) is 2.59. The number of nitrogens with one attached hydrogen (secondary N) is 1. The number of carbonyl (C=O) groups excluding carboxylic acids is 1. The fraction of sp³-hybridized carbons (Fsp3) is 0.500. The van der Waals surface area contributed by atoms with Gasteiger partial charge in [0.2, 0.25) is 5.91 Å². The lowest BCUT2D eigenvalue weighted by molar-refractivity contribution is -0.141. The van der Waals surface area contributed by atoms with Gasteiger partial charge in [0, 0.05) is 13.1 Å². The van der Waals surface area contributed by atoms with Crippen molar-refractivity contribution in [1.29, 1.82) is 0 Å². The number of rotatable bonds is 6. The Balaban J connectivity index is 1.89. The van der Waals surface area contributed by atoms with Crippen molar-refractivity contribution < 1.29 is 14.7 Å². The normalized spacial score (nSPS) is 20.1. The Morgan fingerprint density at radius 3 is 2.76 bits per heavy atom. The zero-order chi connectivity index (χ0) is 15.2. The van der Waals surface area contributed by atoms with Crippen LogP contribution in [-0.2, 0) is 16.1 Å². The predicted molar refractivity (Wildman–Crippen MR) is 79.7 cm³/mol. The second kappa shape index (κ2) is 7.22. The molecule has 0 aliphatic carbocycles. The summed E-state index contributed by atoms with van der Waals surface area (Å²) in [6, 6.07) is 9.93. The molecule has 2 unspecified atom stereocenters. The van der Waals surface area contributed by atoms with Crippen molar-refractivity contribution in [2.24, 2.45) is 5.92 Å².